The number of rotatable bonds is 0. The summed E-state index contributed by atoms with van der Waals surface area (Å²) >= 11 is 0. The Balaban J connectivity index is 2.46. The number of fused-ring (bicyclic) bond motifs is 3. The van der Waals surface area contributed by atoms with Crippen molar-refractivity contribution >= 4 is 16.7 Å². The number of carbonyl (C=O) groups excluding carboxylic acids is 1. The standard InChI is InChI=1S/C14H12O4/c1-7-10-6-11(15)18-14(17)12(10)8-4-2-3-5-9(8)13(7)16/h2-5,11,15-16H,6H2,1H3. The summed E-state index contributed by atoms with van der Waals surface area (Å²) in [5, 5.41) is 20.9. The maximum absolute atomic E-state index is 11.9. The molecule has 0 spiro atoms. The van der Waals surface area contributed by atoms with Gasteiger partial charge in [-0.3, -0.25) is 0 Å². The fourth-order valence-electron chi connectivity index (χ4n) is 2.49. The third-order valence-electron chi connectivity index (χ3n) is 3.39. The Labute approximate surface area is 103 Å². The number of aliphatic hydroxyl groups is 1. The molecule has 3 rings (SSSR count). The molecule has 0 aliphatic carbocycles. The van der Waals surface area contributed by atoms with Crippen molar-refractivity contribution in [3.05, 3.63) is 41.0 Å². The van der Waals surface area contributed by atoms with Crippen LogP contribution in [0.3, 0.4) is 0 Å². The van der Waals surface area contributed by atoms with Crippen molar-refractivity contribution in [2.24, 2.45) is 0 Å². The Morgan fingerprint density at radius 1 is 1.28 bits per heavy atom. The third kappa shape index (κ3) is 1.39. The highest BCUT2D eigenvalue weighted by molar-refractivity contribution is 6.09. The topological polar surface area (TPSA) is 66.8 Å². The van der Waals surface area contributed by atoms with Crippen molar-refractivity contribution < 1.29 is 19.7 Å². The van der Waals surface area contributed by atoms with Gasteiger partial charge in [0.05, 0.1) is 5.56 Å². The summed E-state index contributed by atoms with van der Waals surface area (Å²) in [7, 11) is 0. The molecule has 0 amide bonds. The summed E-state index contributed by atoms with van der Waals surface area (Å²) in [6.07, 6.45) is -0.921. The molecule has 4 heteroatoms. The lowest BCUT2D eigenvalue weighted by atomic mass is 9.90. The first-order valence-corrected chi connectivity index (χ1v) is 5.71. The molecule has 1 heterocycles. The highest BCUT2D eigenvalue weighted by Gasteiger charge is 2.29. The predicted octanol–water partition coefficient (Wildman–Crippen LogP) is 1.89. The van der Waals surface area contributed by atoms with Gasteiger partial charge in [-0.15, -0.1) is 0 Å². The van der Waals surface area contributed by atoms with E-state index >= 15 is 0 Å². The van der Waals surface area contributed by atoms with Crippen LogP contribution in [0, 0.1) is 6.92 Å². The number of esters is 1. The lowest BCUT2D eigenvalue weighted by Crippen LogP contribution is -2.28. The lowest BCUT2D eigenvalue weighted by Gasteiger charge is -2.24. The average Bonchev–Trinajstić information content (AvgIpc) is 2.35. The van der Waals surface area contributed by atoms with Crippen LogP contribution in [0.25, 0.3) is 10.8 Å². The second kappa shape index (κ2) is 3.71. The zero-order valence-corrected chi connectivity index (χ0v) is 9.80. The largest absolute Gasteiger partial charge is 0.507 e. The van der Waals surface area contributed by atoms with Gasteiger partial charge in [0.2, 0.25) is 6.29 Å². The van der Waals surface area contributed by atoms with E-state index in [1.54, 1.807) is 31.2 Å². The average molecular weight is 244 g/mol. The molecule has 4 nitrogen and oxygen atoms in total. The van der Waals surface area contributed by atoms with Crippen molar-refractivity contribution in [2.45, 2.75) is 19.6 Å². The molecule has 2 aromatic carbocycles. The van der Waals surface area contributed by atoms with Gasteiger partial charge in [-0.1, -0.05) is 24.3 Å². The number of aliphatic hydroxyl groups excluding tert-OH is 1. The Kier molecular flexibility index (Phi) is 2.28. The van der Waals surface area contributed by atoms with Crippen molar-refractivity contribution in [3.8, 4) is 5.75 Å². The monoisotopic (exact) mass is 244 g/mol. The van der Waals surface area contributed by atoms with Crippen LogP contribution in [0.1, 0.15) is 21.5 Å². The van der Waals surface area contributed by atoms with Gasteiger partial charge in [0.25, 0.3) is 0 Å². The van der Waals surface area contributed by atoms with Crippen LogP contribution >= 0.6 is 0 Å². The first kappa shape index (κ1) is 11.0. The predicted molar refractivity (Wildman–Crippen MR) is 65.5 cm³/mol. The minimum Gasteiger partial charge on any atom is -0.507 e. The summed E-state index contributed by atoms with van der Waals surface area (Å²) in [5.41, 5.74) is 1.74. The second-order valence-corrected chi connectivity index (χ2v) is 4.44. The van der Waals surface area contributed by atoms with E-state index < -0.39 is 12.3 Å². The van der Waals surface area contributed by atoms with Crippen LogP contribution in [-0.2, 0) is 11.2 Å². The number of aromatic hydroxyl groups is 1. The fourth-order valence-corrected chi connectivity index (χ4v) is 2.49. The Bertz CT molecular complexity index is 660. The molecule has 2 N–H and O–H groups in total. The summed E-state index contributed by atoms with van der Waals surface area (Å²) < 4.78 is 4.85. The van der Waals surface area contributed by atoms with Crippen LogP contribution in [0.15, 0.2) is 24.3 Å². The zero-order chi connectivity index (χ0) is 12.9. The maximum atomic E-state index is 11.9. The molecule has 2 aromatic rings. The molecule has 1 aliphatic heterocycles. The molecule has 0 bridgehead atoms. The molecule has 0 saturated carbocycles. The molecule has 1 unspecified atom stereocenters. The molecular formula is C14H12O4. The number of phenolic OH excluding ortho intramolecular Hbond substituents is 1. The number of cyclic esters (lactones) is 1. The number of hydrogen-bond donors (Lipinski definition) is 2. The van der Waals surface area contributed by atoms with E-state index in [4.69, 9.17) is 4.74 Å². The van der Waals surface area contributed by atoms with E-state index in [9.17, 15) is 15.0 Å². The first-order chi connectivity index (χ1) is 8.59. The smallest absolute Gasteiger partial charge is 0.341 e. The molecule has 0 fully saturated rings. The molecule has 0 radical (unpaired) electrons. The Hall–Kier alpha value is -2.07. The second-order valence-electron chi connectivity index (χ2n) is 4.44. The minimum atomic E-state index is -1.13. The van der Waals surface area contributed by atoms with E-state index in [0.717, 1.165) is 0 Å². The quantitative estimate of drug-likeness (QED) is 0.694. The number of ether oxygens (including phenoxy) is 1. The number of benzene rings is 2. The SMILES string of the molecule is Cc1c2c(c3ccccc3c1O)C(=O)OC(O)C2. The van der Waals surface area contributed by atoms with Gasteiger partial charge in [-0.05, 0) is 18.1 Å². The lowest BCUT2D eigenvalue weighted by molar-refractivity contribution is -0.0686. The number of hydrogen-bond acceptors (Lipinski definition) is 4. The summed E-state index contributed by atoms with van der Waals surface area (Å²) in [4.78, 5) is 11.9. The van der Waals surface area contributed by atoms with Gasteiger partial charge < -0.3 is 14.9 Å². The van der Waals surface area contributed by atoms with E-state index in [1.807, 2.05) is 0 Å². The van der Waals surface area contributed by atoms with Gasteiger partial charge in [-0.2, -0.15) is 0 Å². The van der Waals surface area contributed by atoms with Crippen LogP contribution in [0.4, 0.5) is 0 Å². The van der Waals surface area contributed by atoms with Crippen molar-refractivity contribution in [2.75, 3.05) is 0 Å². The zero-order valence-electron chi connectivity index (χ0n) is 9.80. The minimum absolute atomic E-state index is 0.159. The normalized spacial score (nSPS) is 18.6. The number of carbonyl (C=O) groups is 1. The summed E-state index contributed by atoms with van der Waals surface area (Å²) in [6, 6.07) is 7.13. The molecule has 0 saturated heterocycles. The highest BCUT2D eigenvalue weighted by atomic mass is 16.6. The molecule has 92 valence electrons. The Morgan fingerprint density at radius 2 is 1.94 bits per heavy atom. The van der Waals surface area contributed by atoms with Crippen LogP contribution in [0.5, 0.6) is 5.75 Å². The summed E-state index contributed by atoms with van der Waals surface area (Å²) in [5.74, 6) is -0.380. The van der Waals surface area contributed by atoms with Crippen molar-refractivity contribution in [1.29, 1.82) is 0 Å². The van der Waals surface area contributed by atoms with E-state index in [2.05, 4.69) is 0 Å². The van der Waals surface area contributed by atoms with Crippen LogP contribution in [-0.4, -0.2) is 22.5 Å². The molecule has 1 aliphatic rings. The molecular weight excluding hydrogens is 232 g/mol. The molecule has 0 aromatic heterocycles. The van der Waals surface area contributed by atoms with Gasteiger partial charge in [0.15, 0.2) is 0 Å². The van der Waals surface area contributed by atoms with Gasteiger partial charge in [0.1, 0.15) is 5.75 Å². The van der Waals surface area contributed by atoms with Gasteiger partial charge >= 0.3 is 5.97 Å². The van der Waals surface area contributed by atoms with Crippen molar-refractivity contribution in [1.82, 2.24) is 0 Å². The molecule has 1 atom stereocenters. The first-order valence-electron chi connectivity index (χ1n) is 5.71. The van der Waals surface area contributed by atoms with Crippen LogP contribution < -0.4 is 0 Å². The van der Waals surface area contributed by atoms with E-state index in [1.165, 1.54) is 0 Å². The summed E-state index contributed by atoms with van der Waals surface area (Å²) in [6.45, 7) is 1.74. The van der Waals surface area contributed by atoms with E-state index in [-0.39, 0.29) is 12.2 Å². The van der Waals surface area contributed by atoms with Crippen LogP contribution in [0.2, 0.25) is 0 Å². The Morgan fingerprint density at radius 3 is 2.67 bits per heavy atom. The van der Waals surface area contributed by atoms with Gasteiger partial charge in [0, 0.05) is 17.2 Å². The maximum Gasteiger partial charge on any atom is 0.341 e. The fraction of sp³-hybridized carbons (Fsp3) is 0.214. The third-order valence-corrected chi connectivity index (χ3v) is 3.39. The highest BCUT2D eigenvalue weighted by Crippen LogP contribution is 2.37. The van der Waals surface area contributed by atoms with E-state index in [0.29, 0.717) is 27.5 Å². The van der Waals surface area contributed by atoms with Crippen molar-refractivity contribution in [3.63, 3.8) is 0 Å². The molecule has 18 heavy (non-hydrogen) atoms. The van der Waals surface area contributed by atoms with Gasteiger partial charge in [-0.25, -0.2) is 4.79 Å². The number of phenols is 1.